The number of piperazine rings is 1. The number of nitrogens with zero attached hydrogens (tertiary/aromatic N) is 3. The number of anilines is 1. The second-order valence-electron chi connectivity index (χ2n) is 4.79. The summed E-state index contributed by atoms with van der Waals surface area (Å²) in [6.45, 7) is 5.73. The van der Waals surface area contributed by atoms with Gasteiger partial charge in [0, 0.05) is 51.5 Å². The molecular weight excluding hydrogens is 255 g/mol. The molecule has 2 fully saturated rings. The Bertz CT molecular complexity index is 430. The number of pyridine rings is 1. The Morgan fingerprint density at radius 1 is 1.28 bits per heavy atom. The molecule has 0 saturated carbocycles. The fraction of sp³-hybridized carbons (Fsp3) is 0.583. The van der Waals surface area contributed by atoms with Crippen LogP contribution in [-0.4, -0.2) is 55.2 Å². The lowest BCUT2D eigenvalue weighted by Crippen LogP contribution is -2.61. The van der Waals surface area contributed by atoms with Crippen LogP contribution in [0.1, 0.15) is 0 Å². The minimum Gasteiger partial charge on any atom is -0.352 e. The third kappa shape index (κ3) is 2.30. The van der Waals surface area contributed by atoms with Gasteiger partial charge in [-0.2, -0.15) is 0 Å². The van der Waals surface area contributed by atoms with Crippen molar-refractivity contribution < 1.29 is 4.39 Å². The highest BCUT2D eigenvalue weighted by Gasteiger charge is 2.28. The monoisotopic (exact) mass is 270 g/mol. The van der Waals surface area contributed by atoms with Crippen LogP contribution in [0, 0.1) is 5.82 Å². The minimum absolute atomic E-state index is 0.332. The molecule has 1 aromatic heterocycles. The van der Waals surface area contributed by atoms with Crippen molar-refractivity contribution in [3.05, 3.63) is 23.1 Å². The maximum atomic E-state index is 13.8. The number of hydrogen-bond donors (Lipinski definition) is 1. The van der Waals surface area contributed by atoms with Crippen LogP contribution in [0.4, 0.5) is 10.2 Å². The first-order valence-electron chi connectivity index (χ1n) is 6.25. The maximum Gasteiger partial charge on any atom is 0.167 e. The van der Waals surface area contributed by atoms with E-state index in [1.807, 2.05) is 4.90 Å². The first-order chi connectivity index (χ1) is 8.74. The van der Waals surface area contributed by atoms with E-state index in [9.17, 15) is 4.39 Å². The summed E-state index contributed by atoms with van der Waals surface area (Å²) in [4.78, 5) is 8.55. The zero-order valence-electron chi connectivity index (χ0n) is 10.1. The SMILES string of the molecule is Fc1cc(Cl)cnc1N1CCN(C2CNC2)CC1. The standard InChI is InChI=1S/C12H16ClFN4/c13-9-5-11(14)12(16-6-9)18-3-1-17(2-4-18)10-7-15-8-10/h5-6,10,15H,1-4,7-8H2. The summed E-state index contributed by atoms with van der Waals surface area (Å²) in [6, 6.07) is 1.99. The van der Waals surface area contributed by atoms with Crippen molar-refractivity contribution in [3.8, 4) is 0 Å². The molecular formula is C12H16ClFN4. The van der Waals surface area contributed by atoms with Gasteiger partial charge in [0.2, 0.25) is 0 Å². The van der Waals surface area contributed by atoms with Crippen LogP contribution in [0.3, 0.4) is 0 Å². The molecule has 0 spiro atoms. The highest BCUT2D eigenvalue weighted by atomic mass is 35.5. The molecule has 0 amide bonds. The van der Waals surface area contributed by atoms with E-state index in [0.717, 1.165) is 39.3 Å². The Morgan fingerprint density at radius 3 is 2.56 bits per heavy atom. The second kappa shape index (κ2) is 4.99. The van der Waals surface area contributed by atoms with Crippen LogP contribution < -0.4 is 10.2 Å². The van der Waals surface area contributed by atoms with Gasteiger partial charge in [-0.15, -0.1) is 0 Å². The van der Waals surface area contributed by atoms with E-state index < -0.39 is 0 Å². The van der Waals surface area contributed by atoms with Crippen LogP contribution >= 0.6 is 11.6 Å². The molecule has 2 saturated heterocycles. The summed E-state index contributed by atoms with van der Waals surface area (Å²) >= 11 is 5.71. The molecule has 3 heterocycles. The van der Waals surface area contributed by atoms with Crippen molar-refractivity contribution >= 4 is 17.4 Å². The lowest BCUT2D eigenvalue weighted by Gasteiger charge is -2.43. The van der Waals surface area contributed by atoms with Gasteiger partial charge in [0.05, 0.1) is 5.02 Å². The highest BCUT2D eigenvalue weighted by molar-refractivity contribution is 6.30. The minimum atomic E-state index is -0.332. The molecule has 0 radical (unpaired) electrons. The third-order valence-corrected chi connectivity index (χ3v) is 3.89. The lowest BCUT2D eigenvalue weighted by molar-refractivity contribution is 0.137. The average molecular weight is 271 g/mol. The molecule has 2 aliphatic heterocycles. The van der Waals surface area contributed by atoms with E-state index in [-0.39, 0.29) is 5.82 Å². The molecule has 6 heteroatoms. The van der Waals surface area contributed by atoms with Gasteiger partial charge < -0.3 is 10.2 Å². The molecule has 3 rings (SSSR count). The van der Waals surface area contributed by atoms with Crippen LogP contribution in [-0.2, 0) is 0 Å². The molecule has 0 unspecified atom stereocenters. The van der Waals surface area contributed by atoms with Gasteiger partial charge in [-0.25, -0.2) is 9.37 Å². The van der Waals surface area contributed by atoms with E-state index in [4.69, 9.17) is 11.6 Å². The van der Waals surface area contributed by atoms with Gasteiger partial charge in [-0.1, -0.05) is 11.6 Å². The van der Waals surface area contributed by atoms with Crippen LogP contribution in [0.2, 0.25) is 5.02 Å². The summed E-state index contributed by atoms with van der Waals surface area (Å²) in [6.07, 6.45) is 1.50. The summed E-state index contributed by atoms with van der Waals surface area (Å²) in [5.74, 6) is 0.0899. The third-order valence-electron chi connectivity index (χ3n) is 3.68. The Kier molecular flexibility index (Phi) is 3.37. The Balaban J connectivity index is 1.64. The van der Waals surface area contributed by atoms with E-state index in [1.54, 1.807) is 0 Å². The van der Waals surface area contributed by atoms with E-state index in [1.165, 1.54) is 12.3 Å². The molecule has 1 aromatic rings. The van der Waals surface area contributed by atoms with Gasteiger partial charge in [0.1, 0.15) is 0 Å². The Hall–Kier alpha value is -0.910. The zero-order chi connectivity index (χ0) is 12.5. The van der Waals surface area contributed by atoms with Gasteiger partial charge >= 0.3 is 0 Å². The largest absolute Gasteiger partial charge is 0.352 e. The smallest absolute Gasteiger partial charge is 0.167 e. The van der Waals surface area contributed by atoms with Crippen molar-refractivity contribution in [1.82, 2.24) is 15.2 Å². The van der Waals surface area contributed by atoms with Crippen molar-refractivity contribution in [1.29, 1.82) is 0 Å². The van der Waals surface area contributed by atoms with Crippen LogP contribution in [0.25, 0.3) is 0 Å². The number of hydrogen-bond acceptors (Lipinski definition) is 4. The zero-order valence-corrected chi connectivity index (χ0v) is 10.8. The fourth-order valence-electron chi connectivity index (χ4n) is 2.47. The van der Waals surface area contributed by atoms with E-state index >= 15 is 0 Å². The van der Waals surface area contributed by atoms with E-state index in [0.29, 0.717) is 16.9 Å². The maximum absolute atomic E-state index is 13.8. The first-order valence-corrected chi connectivity index (χ1v) is 6.62. The number of nitrogens with one attached hydrogen (secondary N) is 1. The van der Waals surface area contributed by atoms with Crippen molar-refractivity contribution in [2.24, 2.45) is 0 Å². The number of aromatic nitrogens is 1. The van der Waals surface area contributed by atoms with E-state index in [2.05, 4.69) is 15.2 Å². The molecule has 1 N–H and O–H groups in total. The predicted octanol–water partition coefficient (Wildman–Crippen LogP) is 0.968. The Labute approximate surface area is 111 Å². The second-order valence-corrected chi connectivity index (χ2v) is 5.23. The molecule has 4 nitrogen and oxygen atoms in total. The van der Waals surface area contributed by atoms with Gasteiger partial charge in [0.25, 0.3) is 0 Å². The van der Waals surface area contributed by atoms with Crippen molar-refractivity contribution in [2.45, 2.75) is 6.04 Å². The molecule has 0 atom stereocenters. The summed E-state index contributed by atoms with van der Waals surface area (Å²) < 4.78 is 13.8. The first kappa shape index (κ1) is 12.1. The molecule has 18 heavy (non-hydrogen) atoms. The topological polar surface area (TPSA) is 31.4 Å². The predicted molar refractivity (Wildman–Crippen MR) is 69.6 cm³/mol. The van der Waals surface area contributed by atoms with Gasteiger partial charge in [-0.3, -0.25) is 4.90 Å². The number of halogens is 2. The summed E-state index contributed by atoms with van der Waals surface area (Å²) in [5, 5.41) is 3.62. The highest BCUT2D eigenvalue weighted by Crippen LogP contribution is 2.21. The average Bonchev–Trinajstić information content (AvgIpc) is 2.28. The van der Waals surface area contributed by atoms with Crippen LogP contribution in [0.15, 0.2) is 12.3 Å². The molecule has 98 valence electrons. The van der Waals surface area contributed by atoms with Crippen LogP contribution in [0.5, 0.6) is 0 Å². The summed E-state index contributed by atoms with van der Waals surface area (Å²) in [7, 11) is 0. The van der Waals surface area contributed by atoms with Gasteiger partial charge in [-0.05, 0) is 6.07 Å². The van der Waals surface area contributed by atoms with Crippen molar-refractivity contribution in [2.75, 3.05) is 44.2 Å². The van der Waals surface area contributed by atoms with Crippen molar-refractivity contribution in [3.63, 3.8) is 0 Å². The molecule has 2 aliphatic rings. The Morgan fingerprint density at radius 2 is 2.00 bits per heavy atom. The molecule has 0 bridgehead atoms. The normalized spacial score (nSPS) is 22.0. The summed E-state index contributed by atoms with van der Waals surface area (Å²) in [5.41, 5.74) is 0. The molecule has 0 aromatic carbocycles. The van der Waals surface area contributed by atoms with Gasteiger partial charge in [0.15, 0.2) is 11.6 Å². The number of rotatable bonds is 2. The quantitative estimate of drug-likeness (QED) is 0.868. The fourth-order valence-corrected chi connectivity index (χ4v) is 2.62. The lowest BCUT2D eigenvalue weighted by atomic mass is 10.1. The molecule has 0 aliphatic carbocycles.